The number of benzene rings is 4. The molecule has 0 bridgehead atoms. The summed E-state index contributed by atoms with van der Waals surface area (Å²) in [5, 5.41) is 25.2. The number of nitriles is 1. The lowest BCUT2D eigenvalue weighted by atomic mass is 9.47. The molecule has 0 heterocycles. The van der Waals surface area contributed by atoms with Crippen LogP contribution in [-0.2, 0) is 15.1 Å². The third-order valence-corrected chi connectivity index (χ3v) is 11.1. The third-order valence-electron chi connectivity index (χ3n) is 8.61. The van der Waals surface area contributed by atoms with Gasteiger partial charge in [-0.1, -0.05) is 115 Å². The van der Waals surface area contributed by atoms with E-state index in [-0.39, 0.29) is 38.7 Å². The van der Waals surface area contributed by atoms with Gasteiger partial charge in [0.05, 0.1) is 38.7 Å². The number of ketones is 1. The Morgan fingerprint density at radius 3 is 1.89 bits per heavy atom. The molecule has 1 aliphatic rings. The summed E-state index contributed by atoms with van der Waals surface area (Å²) in [6.45, 7) is 1.60. The van der Waals surface area contributed by atoms with Gasteiger partial charge in [-0.25, -0.2) is 0 Å². The number of carbonyl (C=O) groups is 2. The number of esters is 1. The molecule has 0 saturated heterocycles. The predicted octanol–water partition coefficient (Wildman–Crippen LogP) is 10.6. The number of aliphatic hydroxyl groups is 1. The molecular formula is C35H25Br2Cl4NO4. The molecule has 5 nitrogen and oxygen atoms in total. The van der Waals surface area contributed by atoms with Gasteiger partial charge < -0.3 is 9.84 Å². The van der Waals surface area contributed by atoms with Crippen molar-refractivity contribution in [1.29, 1.82) is 5.26 Å². The van der Waals surface area contributed by atoms with Crippen molar-refractivity contribution >= 4 is 90.0 Å². The summed E-state index contributed by atoms with van der Waals surface area (Å²) in [4.78, 5) is 29.3. The molecule has 236 valence electrons. The Kier molecular flexibility index (Phi) is 10.6. The van der Waals surface area contributed by atoms with E-state index in [1.54, 1.807) is 79.7 Å². The van der Waals surface area contributed by atoms with Gasteiger partial charge in [0.1, 0.15) is 5.60 Å². The number of halogens is 6. The largest absolute Gasteiger partial charge is 0.465 e. The number of ether oxygens (including phenoxy) is 1. The van der Waals surface area contributed by atoms with Crippen LogP contribution in [0.3, 0.4) is 0 Å². The first kappa shape index (κ1) is 34.9. The summed E-state index contributed by atoms with van der Waals surface area (Å²) in [7, 11) is 0. The first-order valence-corrected chi connectivity index (χ1v) is 17.2. The maximum Gasteiger partial charge on any atom is 0.327 e. The highest BCUT2D eigenvalue weighted by Gasteiger charge is 2.67. The lowest BCUT2D eigenvalue weighted by molar-refractivity contribution is -0.164. The average Bonchev–Trinajstić information content (AvgIpc) is 3.03. The molecule has 1 fully saturated rings. The van der Waals surface area contributed by atoms with Gasteiger partial charge in [0, 0.05) is 26.3 Å². The van der Waals surface area contributed by atoms with Crippen LogP contribution in [0.5, 0.6) is 0 Å². The van der Waals surface area contributed by atoms with Crippen LogP contribution in [0, 0.1) is 22.7 Å². The molecule has 5 atom stereocenters. The number of carbonyl (C=O) groups excluding carboxylic acids is 2. The second-order valence-electron chi connectivity index (χ2n) is 11.1. The number of nitrogens with zero attached hydrogens (tertiary/aromatic N) is 1. The summed E-state index contributed by atoms with van der Waals surface area (Å²) < 4.78 is 7.14. The van der Waals surface area contributed by atoms with E-state index in [4.69, 9.17) is 51.1 Å². The van der Waals surface area contributed by atoms with Crippen molar-refractivity contribution in [3.05, 3.63) is 136 Å². The minimum atomic E-state index is -2.05. The molecule has 1 saturated carbocycles. The van der Waals surface area contributed by atoms with E-state index in [9.17, 15) is 20.0 Å². The van der Waals surface area contributed by atoms with Gasteiger partial charge in [-0.2, -0.15) is 5.26 Å². The molecule has 5 unspecified atom stereocenters. The zero-order chi connectivity index (χ0) is 33.4. The molecule has 0 amide bonds. The van der Waals surface area contributed by atoms with Crippen molar-refractivity contribution in [3.8, 4) is 6.07 Å². The van der Waals surface area contributed by atoms with Crippen LogP contribution in [0.4, 0.5) is 0 Å². The Bertz CT molecular complexity index is 1850. The van der Waals surface area contributed by atoms with Crippen LogP contribution >= 0.6 is 78.3 Å². The molecule has 0 spiro atoms. The van der Waals surface area contributed by atoms with Crippen molar-refractivity contribution in [2.24, 2.45) is 11.3 Å². The van der Waals surface area contributed by atoms with E-state index >= 15 is 0 Å². The van der Waals surface area contributed by atoms with E-state index in [0.717, 1.165) is 8.95 Å². The molecule has 4 aromatic rings. The Morgan fingerprint density at radius 1 is 0.848 bits per heavy atom. The molecule has 1 aliphatic carbocycles. The molecule has 0 aliphatic heterocycles. The van der Waals surface area contributed by atoms with Gasteiger partial charge in [-0.3, -0.25) is 9.59 Å². The molecular weight excluding hydrogens is 800 g/mol. The Morgan fingerprint density at radius 2 is 1.37 bits per heavy atom. The second kappa shape index (κ2) is 14.0. The number of hydrogen-bond acceptors (Lipinski definition) is 5. The van der Waals surface area contributed by atoms with Crippen molar-refractivity contribution in [1.82, 2.24) is 0 Å². The number of rotatable bonds is 7. The topological polar surface area (TPSA) is 87.4 Å². The lowest BCUT2D eigenvalue weighted by Crippen LogP contribution is -2.59. The molecule has 1 N–H and O–H groups in total. The summed E-state index contributed by atoms with van der Waals surface area (Å²) in [6.07, 6.45) is -0.219. The van der Waals surface area contributed by atoms with Gasteiger partial charge in [-0.05, 0) is 78.6 Å². The van der Waals surface area contributed by atoms with E-state index < -0.39 is 40.5 Å². The van der Waals surface area contributed by atoms with Gasteiger partial charge >= 0.3 is 5.97 Å². The first-order chi connectivity index (χ1) is 21.9. The second-order valence-corrected chi connectivity index (χ2v) is 14.5. The van der Waals surface area contributed by atoms with Crippen LogP contribution in [0.15, 0.2) is 93.9 Å². The fraction of sp³-hybridized carbons (Fsp3) is 0.229. The molecule has 46 heavy (non-hydrogen) atoms. The molecule has 5 rings (SSSR count). The Hall–Kier alpha value is -2.41. The monoisotopic (exact) mass is 821 g/mol. The smallest absolute Gasteiger partial charge is 0.327 e. The zero-order valence-electron chi connectivity index (χ0n) is 24.1. The third kappa shape index (κ3) is 6.26. The quantitative estimate of drug-likeness (QED) is 0.148. The van der Waals surface area contributed by atoms with Crippen molar-refractivity contribution < 1.29 is 19.4 Å². The normalized spacial score (nSPS) is 24.2. The minimum Gasteiger partial charge on any atom is -0.465 e. The van der Waals surface area contributed by atoms with Crippen LogP contribution in [0.1, 0.15) is 52.2 Å². The average molecular weight is 825 g/mol. The van der Waals surface area contributed by atoms with E-state index in [2.05, 4.69) is 37.9 Å². The van der Waals surface area contributed by atoms with Crippen molar-refractivity contribution in [2.45, 2.75) is 30.8 Å². The highest BCUT2D eigenvalue weighted by molar-refractivity contribution is 9.10. The van der Waals surface area contributed by atoms with Gasteiger partial charge in [0.25, 0.3) is 0 Å². The van der Waals surface area contributed by atoms with Crippen molar-refractivity contribution in [2.75, 3.05) is 6.61 Å². The van der Waals surface area contributed by atoms with E-state index in [0.29, 0.717) is 16.7 Å². The molecule has 0 radical (unpaired) electrons. The van der Waals surface area contributed by atoms with Gasteiger partial charge in [0.15, 0.2) is 11.2 Å². The van der Waals surface area contributed by atoms with Gasteiger partial charge in [-0.15, -0.1) is 0 Å². The highest BCUT2D eigenvalue weighted by atomic mass is 79.9. The van der Waals surface area contributed by atoms with Gasteiger partial charge in [0.2, 0.25) is 0 Å². The summed E-state index contributed by atoms with van der Waals surface area (Å²) in [5.74, 6) is -5.03. The fourth-order valence-corrected chi connectivity index (χ4v) is 7.68. The lowest BCUT2D eigenvalue weighted by Gasteiger charge is -2.54. The van der Waals surface area contributed by atoms with Crippen LogP contribution < -0.4 is 0 Å². The maximum absolute atomic E-state index is 14.9. The van der Waals surface area contributed by atoms with Crippen LogP contribution in [0.2, 0.25) is 20.1 Å². The van der Waals surface area contributed by atoms with Crippen LogP contribution in [-0.4, -0.2) is 23.5 Å². The van der Waals surface area contributed by atoms with E-state index in [1.165, 1.54) is 12.1 Å². The minimum absolute atomic E-state index is 0.0350. The predicted molar refractivity (Wildman–Crippen MR) is 188 cm³/mol. The molecule has 4 aromatic carbocycles. The number of hydrogen-bond donors (Lipinski definition) is 1. The Balaban J connectivity index is 1.93. The van der Waals surface area contributed by atoms with E-state index in [1.807, 2.05) is 0 Å². The number of Topliss-reactive ketones (excluding diaryl/α,β-unsaturated/α-hetero) is 1. The highest BCUT2D eigenvalue weighted by Crippen LogP contribution is 2.64. The fourth-order valence-electron chi connectivity index (χ4n) is 6.54. The summed E-state index contributed by atoms with van der Waals surface area (Å²) in [6, 6.07) is 25.4. The molecule has 11 heteroatoms. The zero-order valence-corrected chi connectivity index (χ0v) is 30.3. The van der Waals surface area contributed by atoms with Crippen molar-refractivity contribution in [3.63, 3.8) is 0 Å². The molecule has 0 aromatic heterocycles. The standard InChI is InChI=1S/C35H25Br2Cl4NO4/c1-2-46-33(44)34(18-42)25(20-5-13-26(38)28(40)15-20)17-35(45,22-7-11-24(37)12-8-22)31(32(43)19-3-9-23(36)10-4-19)30(34)21-6-14-27(39)29(41)16-21/h3-16,25,30-31,45H,2,17H2,1H3. The summed E-state index contributed by atoms with van der Waals surface area (Å²) >= 11 is 32.5. The Labute approximate surface area is 303 Å². The SMILES string of the molecule is CCOC(=O)C1(C#N)C(c2ccc(Cl)c(Cl)c2)CC(O)(c2ccc(Br)cc2)C(C(=O)c2ccc(Br)cc2)C1c1ccc(Cl)c(Cl)c1. The summed E-state index contributed by atoms with van der Waals surface area (Å²) in [5.41, 5.74) is -2.49. The first-order valence-electron chi connectivity index (χ1n) is 14.1. The van der Waals surface area contributed by atoms with Crippen LogP contribution in [0.25, 0.3) is 0 Å². The maximum atomic E-state index is 14.9.